The van der Waals surface area contributed by atoms with Gasteiger partial charge in [0.1, 0.15) is 12.4 Å². The predicted molar refractivity (Wildman–Crippen MR) is 113 cm³/mol. The molecule has 0 bridgehead atoms. The van der Waals surface area contributed by atoms with E-state index in [1.54, 1.807) is 7.11 Å². The van der Waals surface area contributed by atoms with Crippen LogP contribution in [0, 0.1) is 6.92 Å². The molecule has 27 heavy (non-hydrogen) atoms. The molecule has 2 heteroatoms. The largest absolute Gasteiger partial charge is 0.491 e. The molecule has 0 spiro atoms. The molecule has 0 amide bonds. The van der Waals surface area contributed by atoms with Gasteiger partial charge < -0.3 is 9.47 Å². The van der Waals surface area contributed by atoms with Crippen molar-refractivity contribution in [3.05, 3.63) is 96.1 Å². The summed E-state index contributed by atoms with van der Waals surface area (Å²) in [4.78, 5) is 0. The normalized spacial score (nSPS) is 10.6. The Hall–Kier alpha value is -2.84. The Morgan fingerprint density at radius 1 is 0.852 bits per heavy atom. The molecule has 0 atom stereocenters. The first-order valence-electron chi connectivity index (χ1n) is 9.23. The van der Waals surface area contributed by atoms with Gasteiger partial charge in [-0.15, -0.1) is 0 Å². The average Bonchev–Trinajstić information content (AvgIpc) is 2.70. The van der Waals surface area contributed by atoms with E-state index in [0.717, 1.165) is 23.3 Å². The summed E-state index contributed by atoms with van der Waals surface area (Å²) < 4.78 is 11.0. The van der Waals surface area contributed by atoms with Crippen LogP contribution in [0.15, 0.2) is 79.4 Å². The van der Waals surface area contributed by atoms with Gasteiger partial charge in [-0.25, -0.2) is 0 Å². The van der Waals surface area contributed by atoms with Gasteiger partial charge in [0.05, 0.1) is 6.61 Å². The van der Waals surface area contributed by atoms with E-state index in [4.69, 9.17) is 9.47 Å². The van der Waals surface area contributed by atoms with Gasteiger partial charge in [-0.1, -0.05) is 73.3 Å². The van der Waals surface area contributed by atoms with Crippen molar-refractivity contribution < 1.29 is 9.47 Å². The second-order valence-corrected chi connectivity index (χ2v) is 6.59. The van der Waals surface area contributed by atoms with E-state index in [1.165, 1.54) is 22.3 Å². The standard InChI is InChI=1S/C25H26O2/c1-19-10-9-14-23(21-11-5-4-6-12-21)25(19)20(2)18-22-13-7-8-15-24(22)27-17-16-26-3/h4-15H,2,16-18H2,1,3H3. The summed E-state index contributed by atoms with van der Waals surface area (Å²) in [6.07, 6.45) is 0.744. The third-order valence-electron chi connectivity index (χ3n) is 4.63. The second-order valence-electron chi connectivity index (χ2n) is 6.59. The van der Waals surface area contributed by atoms with Gasteiger partial charge in [0.25, 0.3) is 0 Å². The molecule has 138 valence electrons. The molecule has 3 aromatic rings. The van der Waals surface area contributed by atoms with Gasteiger partial charge in [-0.05, 0) is 46.4 Å². The maximum atomic E-state index is 5.89. The van der Waals surface area contributed by atoms with Gasteiger partial charge in [-0.2, -0.15) is 0 Å². The van der Waals surface area contributed by atoms with Crippen molar-refractivity contribution in [1.29, 1.82) is 0 Å². The Morgan fingerprint density at radius 2 is 1.59 bits per heavy atom. The first-order valence-corrected chi connectivity index (χ1v) is 9.23. The first kappa shape index (κ1) is 18.9. The lowest BCUT2D eigenvalue weighted by molar-refractivity contribution is 0.146. The molecule has 3 rings (SSSR count). The summed E-state index contributed by atoms with van der Waals surface area (Å²) in [5.74, 6) is 0.894. The summed E-state index contributed by atoms with van der Waals surface area (Å²) in [7, 11) is 1.68. The van der Waals surface area contributed by atoms with Gasteiger partial charge in [-0.3, -0.25) is 0 Å². The lowest BCUT2D eigenvalue weighted by Crippen LogP contribution is -2.06. The molecule has 0 aromatic heterocycles. The number of hydrogen-bond donors (Lipinski definition) is 0. The Balaban J connectivity index is 1.90. The van der Waals surface area contributed by atoms with Crippen molar-refractivity contribution in [2.75, 3.05) is 20.3 Å². The van der Waals surface area contributed by atoms with Gasteiger partial charge in [0.2, 0.25) is 0 Å². The molecule has 0 heterocycles. The third kappa shape index (κ3) is 4.66. The maximum absolute atomic E-state index is 5.89. The highest BCUT2D eigenvalue weighted by molar-refractivity contribution is 5.83. The smallest absolute Gasteiger partial charge is 0.122 e. The number of benzene rings is 3. The zero-order chi connectivity index (χ0) is 19.1. The topological polar surface area (TPSA) is 18.5 Å². The van der Waals surface area contributed by atoms with Crippen molar-refractivity contribution in [3.8, 4) is 16.9 Å². The molecule has 0 radical (unpaired) electrons. The highest BCUT2D eigenvalue weighted by atomic mass is 16.5. The van der Waals surface area contributed by atoms with Crippen molar-refractivity contribution in [1.82, 2.24) is 0 Å². The van der Waals surface area contributed by atoms with E-state index < -0.39 is 0 Å². The van der Waals surface area contributed by atoms with E-state index in [-0.39, 0.29) is 0 Å². The van der Waals surface area contributed by atoms with Crippen molar-refractivity contribution in [3.63, 3.8) is 0 Å². The Bertz CT molecular complexity index is 897. The number of rotatable bonds is 8. The minimum Gasteiger partial charge on any atom is -0.491 e. The fourth-order valence-electron chi connectivity index (χ4n) is 3.34. The van der Waals surface area contributed by atoms with Gasteiger partial charge in [0, 0.05) is 13.5 Å². The highest BCUT2D eigenvalue weighted by Gasteiger charge is 2.13. The number of ether oxygens (including phenoxy) is 2. The molecule has 2 nitrogen and oxygen atoms in total. The monoisotopic (exact) mass is 358 g/mol. The number of methoxy groups -OCH3 is 1. The van der Waals surface area contributed by atoms with E-state index in [0.29, 0.717) is 13.2 Å². The average molecular weight is 358 g/mol. The van der Waals surface area contributed by atoms with Crippen LogP contribution in [0.1, 0.15) is 16.7 Å². The van der Waals surface area contributed by atoms with E-state index in [1.807, 2.05) is 24.3 Å². The molecule has 0 aliphatic rings. The van der Waals surface area contributed by atoms with Crippen LogP contribution in [-0.2, 0) is 11.2 Å². The number of hydrogen-bond acceptors (Lipinski definition) is 2. The molecular weight excluding hydrogens is 332 g/mol. The van der Waals surface area contributed by atoms with Crippen LogP contribution in [-0.4, -0.2) is 20.3 Å². The molecule has 0 saturated heterocycles. The molecular formula is C25H26O2. The summed E-state index contributed by atoms with van der Waals surface area (Å²) in [6, 6.07) is 25.1. The van der Waals surface area contributed by atoms with Crippen LogP contribution in [0.4, 0.5) is 0 Å². The number of para-hydroxylation sites is 1. The Morgan fingerprint density at radius 3 is 2.37 bits per heavy atom. The Kier molecular flexibility index (Phi) is 6.45. The summed E-state index contributed by atoms with van der Waals surface area (Å²) in [6.45, 7) is 7.69. The Labute approximate surface area is 162 Å². The van der Waals surface area contributed by atoms with Crippen LogP contribution >= 0.6 is 0 Å². The lowest BCUT2D eigenvalue weighted by Gasteiger charge is -2.17. The predicted octanol–water partition coefficient (Wildman–Crippen LogP) is 5.94. The molecule has 0 unspecified atom stereocenters. The second kappa shape index (κ2) is 9.20. The minimum absolute atomic E-state index is 0.541. The zero-order valence-electron chi connectivity index (χ0n) is 16.1. The van der Waals surface area contributed by atoms with Gasteiger partial charge >= 0.3 is 0 Å². The summed E-state index contributed by atoms with van der Waals surface area (Å²) in [5, 5.41) is 0. The quantitative estimate of drug-likeness (QED) is 0.464. The molecule has 0 aliphatic heterocycles. The highest BCUT2D eigenvalue weighted by Crippen LogP contribution is 2.34. The van der Waals surface area contributed by atoms with Crippen molar-refractivity contribution in [2.24, 2.45) is 0 Å². The molecule has 0 fully saturated rings. The number of aryl methyl sites for hydroxylation is 1. The van der Waals surface area contributed by atoms with E-state index in [9.17, 15) is 0 Å². The van der Waals surface area contributed by atoms with E-state index >= 15 is 0 Å². The fourth-order valence-corrected chi connectivity index (χ4v) is 3.34. The van der Waals surface area contributed by atoms with Gasteiger partial charge in [0.15, 0.2) is 0 Å². The SMILES string of the molecule is C=C(Cc1ccccc1OCCOC)c1c(C)cccc1-c1ccccc1. The molecule has 0 aliphatic carbocycles. The van der Waals surface area contributed by atoms with Crippen LogP contribution in [0.5, 0.6) is 5.75 Å². The number of allylic oxidation sites excluding steroid dienone is 1. The first-order chi connectivity index (χ1) is 13.2. The lowest BCUT2D eigenvalue weighted by atomic mass is 9.88. The van der Waals surface area contributed by atoms with Crippen molar-refractivity contribution in [2.45, 2.75) is 13.3 Å². The summed E-state index contributed by atoms with van der Waals surface area (Å²) >= 11 is 0. The fraction of sp³-hybridized carbons (Fsp3) is 0.200. The minimum atomic E-state index is 0.541. The van der Waals surface area contributed by atoms with Crippen LogP contribution < -0.4 is 4.74 Å². The molecule has 3 aromatic carbocycles. The van der Waals surface area contributed by atoms with Crippen LogP contribution in [0.2, 0.25) is 0 Å². The zero-order valence-corrected chi connectivity index (χ0v) is 16.1. The molecule has 0 saturated carbocycles. The van der Waals surface area contributed by atoms with Crippen LogP contribution in [0.3, 0.4) is 0 Å². The molecule has 0 N–H and O–H groups in total. The third-order valence-corrected chi connectivity index (χ3v) is 4.63. The van der Waals surface area contributed by atoms with E-state index in [2.05, 4.69) is 62.0 Å². The summed E-state index contributed by atoms with van der Waals surface area (Å²) in [5.41, 5.74) is 7.12. The maximum Gasteiger partial charge on any atom is 0.122 e. The van der Waals surface area contributed by atoms with Crippen LogP contribution in [0.25, 0.3) is 16.7 Å². The van der Waals surface area contributed by atoms with Crippen molar-refractivity contribution >= 4 is 5.57 Å².